The van der Waals surface area contributed by atoms with E-state index in [-0.39, 0.29) is 35.8 Å². The Labute approximate surface area is 214 Å². The van der Waals surface area contributed by atoms with Crippen molar-refractivity contribution in [3.05, 3.63) is 22.4 Å². The van der Waals surface area contributed by atoms with Gasteiger partial charge in [-0.3, -0.25) is 14.7 Å². The third-order valence-corrected chi connectivity index (χ3v) is 7.46. The van der Waals surface area contributed by atoms with Crippen LogP contribution in [0.1, 0.15) is 49.9 Å². The Morgan fingerprint density at radius 1 is 1.28 bits per heavy atom. The lowest BCUT2D eigenvalue weighted by Gasteiger charge is -2.38. The monoisotopic (exact) mass is 576 g/mol. The molecule has 2 saturated heterocycles. The second-order valence-electron chi connectivity index (χ2n) is 8.89. The SMILES string of the molecule is CCNC(=NCC1CCCN(C)C1c1cccs1)NCCCN1CCCC(C(N)=O)C1.I. The number of thiophene rings is 1. The standard InChI is InChI=1S/C23H40N6OS.HI/c1-3-25-23(26-11-7-14-29-13-5-9-19(17-29)22(24)30)27-16-18-8-4-12-28(2)21(18)20-10-6-15-31-20;/h6,10,15,18-19,21H,3-5,7-9,11-14,16-17H2,1-2H3,(H2,24,30)(H2,25,26,27);1H. The molecule has 182 valence electrons. The first kappa shape index (κ1) is 27.3. The summed E-state index contributed by atoms with van der Waals surface area (Å²) in [4.78, 5) is 22.7. The van der Waals surface area contributed by atoms with Crippen molar-refractivity contribution in [3.63, 3.8) is 0 Å². The topological polar surface area (TPSA) is 86.0 Å². The van der Waals surface area contributed by atoms with Crippen molar-refractivity contribution in [2.45, 2.75) is 45.1 Å². The fourth-order valence-corrected chi connectivity index (χ4v) is 5.89. The van der Waals surface area contributed by atoms with E-state index in [9.17, 15) is 4.79 Å². The average Bonchev–Trinajstić information content (AvgIpc) is 3.29. The molecule has 1 aromatic heterocycles. The van der Waals surface area contributed by atoms with Gasteiger partial charge in [0.2, 0.25) is 5.91 Å². The van der Waals surface area contributed by atoms with Crippen LogP contribution in [-0.4, -0.2) is 74.5 Å². The number of nitrogens with two attached hydrogens (primary N) is 1. The Morgan fingerprint density at radius 2 is 2.09 bits per heavy atom. The van der Waals surface area contributed by atoms with Crippen LogP contribution in [0.3, 0.4) is 0 Å². The molecular weight excluding hydrogens is 535 g/mol. The van der Waals surface area contributed by atoms with Crippen LogP contribution in [-0.2, 0) is 4.79 Å². The van der Waals surface area contributed by atoms with Crippen molar-refractivity contribution >= 4 is 47.2 Å². The molecule has 0 aromatic carbocycles. The van der Waals surface area contributed by atoms with Crippen molar-refractivity contribution in [2.24, 2.45) is 22.6 Å². The smallest absolute Gasteiger partial charge is 0.221 e. The highest BCUT2D eigenvalue weighted by Gasteiger charge is 2.31. The van der Waals surface area contributed by atoms with Gasteiger partial charge in [0.1, 0.15) is 0 Å². The first-order valence-electron chi connectivity index (χ1n) is 11.9. The van der Waals surface area contributed by atoms with E-state index >= 15 is 0 Å². The fourth-order valence-electron chi connectivity index (χ4n) is 4.91. The quantitative estimate of drug-likeness (QED) is 0.182. The lowest BCUT2D eigenvalue weighted by atomic mass is 9.88. The molecule has 32 heavy (non-hydrogen) atoms. The lowest BCUT2D eigenvalue weighted by Crippen LogP contribution is -2.43. The van der Waals surface area contributed by atoms with Crippen LogP contribution in [0.4, 0.5) is 0 Å². The number of aliphatic imine (C=N–C) groups is 1. The minimum absolute atomic E-state index is 0. The number of nitrogens with one attached hydrogen (secondary N) is 2. The normalized spacial score (nSPS) is 25.2. The zero-order valence-corrected chi connectivity index (χ0v) is 22.7. The van der Waals surface area contributed by atoms with Crippen LogP contribution >= 0.6 is 35.3 Å². The van der Waals surface area contributed by atoms with Gasteiger partial charge in [-0.15, -0.1) is 35.3 Å². The Bertz CT molecular complexity index is 701. The summed E-state index contributed by atoms with van der Waals surface area (Å²) < 4.78 is 0. The number of nitrogens with zero attached hydrogens (tertiary/aromatic N) is 3. The number of guanidine groups is 1. The van der Waals surface area contributed by atoms with Gasteiger partial charge in [-0.25, -0.2) is 0 Å². The van der Waals surface area contributed by atoms with E-state index in [0.717, 1.165) is 71.0 Å². The van der Waals surface area contributed by atoms with Gasteiger partial charge < -0.3 is 21.3 Å². The molecular formula is C23H41IN6OS. The van der Waals surface area contributed by atoms with Crippen LogP contribution < -0.4 is 16.4 Å². The number of hydrogen-bond acceptors (Lipinski definition) is 5. The zero-order chi connectivity index (χ0) is 22.1. The molecule has 4 N–H and O–H groups in total. The summed E-state index contributed by atoms with van der Waals surface area (Å²) in [5.74, 6) is 1.32. The number of halogens is 1. The van der Waals surface area contributed by atoms with E-state index in [1.54, 1.807) is 0 Å². The summed E-state index contributed by atoms with van der Waals surface area (Å²) in [5, 5.41) is 9.08. The van der Waals surface area contributed by atoms with Crippen LogP contribution in [0.2, 0.25) is 0 Å². The summed E-state index contributed by atoms with van der Waals surface area (Å²) >= 11 is 1.86. The molecule has 9 heteroatoms. The van der Waals surface area contributed by atoms with Crippen LogP contribution in [0.25, 0.3) is 0 Å². The summed E-state index contributed by atoms with van der Waals surface area (Å²) in [5.41, 5.74) is 5.50. The Morgan fingerprint density at radius 3 is 2.81 bits per heavy atom. The van der Waals surface area contributed by atoms with Gasteiger partial charge in [-0.2, -0.15) is 0 Å². The van der Waals surface area contributed by atoms with E-state index in [1.807, 2.05) is 11.3 Å². The number of carbonyl (C=O) groups is 1. The van der Waals surface area contributed by atoms with Gasteiger partial charge in [-0.05, 0) is 83.1 Å². The predicted octanol–water partition coefficient (Wildman–Crippen LogP) is 2.89. The Kier molecular flexibility index (Phi) is 12.3. The number of piperidine rings is 2. The molecule has 2 aliphatic rings. The number of hydrogen-bond donors (Lipinski definition) is 3. The maximum Gasteiger partial charge on any atom is 0.221 e. The third kappa shape index (κ3) is 8.14. The maximum atomic E-state index is 11.5. The minimum atomic E-state index is -0.154. The van der Waals surface area contributed by atoms with Crippen LogP contribution in [0.15, 0.2) is 22.5 Å². The zero-order valence-electron chi connectivity index (χ0n) is 19.6. The molecule has 3 rings (SSSR count). The first-order valence-corrected chi connectivity index (χ1v) is 12.7. The van der Waals surface area contributed by atoms with Crippen molar-refractivity contribution < 1.29 is 4.79 Å². The fraction of sp³-hybridized carbons (Fsp3) is 0.739. The molecule has 7 nitrogen and oxygen atoms in total. The molecule has 3 heterocycles. The lowest BCUT2D eigenvalue weighted by molar-refractivity contribution is -0.123. The van der Waals surface area contributed by atoms with Crippen molar-refractivity contribution in [1.29, 1.82) is 0 Å². The highest BCUT2D eigenvalue weighted by molar-refractivity contribution is 14.0. The van der Waals surface area contributed by atoms with Crippen LogP contribution in [0, 0.1) is 11.8 Å². The van der Waals surface area contributed by atoms with Gasteiger partial charge in [0.05, 0.1) is 5.92 Å². The largest absolute Gasteiger partial charge is 0.369 e. The summed E-state index contributed by atoms with van der Waals surface area (Å²) in [6.07, 6.45) is 5.49. The maximum absolute atomic E-state index is 11.5. The van der Waals surface area contributed by atoms with Crippen molar-refractivity contribution in [3.8, 4) is 0 Å². The molecule has 3 unspecified atom stereocenters. The molecule has 0 aliphatic carbocycles. The second kappa shape index (κ2) is 14.4. The summed E-state index contributed by atoms with van der Waals surface area (Å²) in [6, 6.07) is 4.89. The van der Waals surface area contributed by atoms with Gasteiger partial charge in [0.25, 0.3) is 0 Å². The van der Waals surface area contributed by atoms with Crippen molar-refractivity contribution in [1.82, 2.24) is 20.4 Å². The van der Waals surface area contributed by atoms with Gasteiger partial charge in [-0.1, -0.05) is 6.07 Å². The number of carbonyl (C=O) groups excluding carboxylic acids is 1. The number of rotatable bonds is 9. The Hall–Kier alpha value is -0.910. The van der Waals surface area contributed by atoms with Crippen molar-refractivity contribution in [2.75, 3.05) is 52.9 Å². The molecule has 0 spiro atoms. The average molecular weight is 577 g/mol. The molecule has 0 bridgehead atoms. The highest BCUT2D eigenvalue weighted by atomic mass is 127. The minimum Gasteiger partial charge on any atom is -0.369 e. The van der Waals surface area contributed by atoms with Gasteiger partial charge in [0, 0.05) is 37.1 Å². The first-order chi connectivity index (χ1) is 15.1. The van der Waals surface area contributed by atoms with E-state index in [2.05, 4.69) is 51.9 Å². The molecule has 0 saturated carbocycles. The Balaban J connectivity index is 0.00000363. The summed E-state index contributed by atoms with van der Waals surface area (Å²) in [6.45, 7) is 8.71. The second-order valence-corrected chi connectivity index (χ2v) is 9.86. The third-order valence-electron chi connectivity index (χ3n) is 6.52. The molecule has 2 fully saturated rings. The summed E-state index contributed by atoms with van der Waals surface area (Å²) in [7, 11) is 2.24. The van der Waals surface area contributed by atoms with Gasteiger partial charge in [0.15, 0.2) is 5.96 Å². The molecule has 1 amide bonds. The number of primary amides is 1. The van der Waals surface area contributed by atoms with Crippen LogP contribution in [0.5, 0.6) is 0 Å². The molecule has 1 aromatic rings. The highest BCUT2D eigenvalue weighted by Crippen LogP contribution is 2.37. The molecule has 2 aliphatic heterocycles. The predicted molar refractivity (Wildman–Crippen MR) is 145 cm³/mol. The van der Waals surface area contributed by atoms with E-state index in [1.165, 1.54) is 17.7 Å². The molecule has 0 radical (unpaired) electrons. The van der Waals surface area contributed by atoms with Gasteiger partial charge >= 0.3 is 0 Å². The van der Waals surface area contributed by atoms with E-state index in [4.69, 9.17) is 10.7 Å². The number of likely N-dealkylation sites (tertiary alicyclic amines) is 2. The van der Waals surface area contributed by atoms with E-state index < -0.39 is 0 Å². The molecule has 3 atom stereocenters. The van der Waals surface area contributed by atoms with E-state index in [0.29, 0.717) is 12.0 Å². The number of amides is 1.